The first-order valence-corrected chi connectivity index (χ1v) is 10.6. The van der Waals surface area contributed by atoms with E-state index in [0.717, 1.165) is 37.7 Å². The number of hydrogen-bond acceptors (Lipinski definition) is 5. The third kappa shape index (κ3) is 3.93. The van der Waals surface area contributed by atoms with Crippen molar-refractivity contribution in [1.82, 2.24) is 14.5 Å². The lowest BCUT2D eigenvalue weighted by Gasteiger charge is -2.17. The zero-order chi connectivity index (χ0) is 20.5. The van der Waals surface area contributed by atoms with Crippen molar-refractivity contribution in [2.75, 3.05) is 5.32 Å². The van der Waals surface area contributed by atoms with E-state index < -0.39 is 0 Å². The molecule has 1 N–H and O–H groups in total. The van der Waals surface area contributed by atoms with Gasteiger partial charge in [0.15, 0.2) is 0 Å². The SMILES string of the molecule is CCc1c(C)nc(Nc2ccc3nc(C)sc3c2)n(Cc2ccc(C)cc2)c1=O. The van der Waals surface area contributed by atoms with Gasteiger partial charge in [0.25, 0.3) is 5.56 Å². The molecule has 2 aromatic heterocycles. The van der Waals surface area contributed by atoms with Gasteiger partial charge in [-0.25, -0.2) is 9.97 Å². The largest absolute Gasteiger partial charge is 0.325 e. The van der Waals surface area contributed by atoms with E-state index in [9.17, 15) is 4.79 Å². The normalized spacial score (nSPS) is 11.2. The van der Waals surface area contributed by atoms with Crippen molar-refractivity contribution in [3.63, 3.8) is 0 Å². The van der Waals surface area contributed by atoms with Crippen LogP contribution in [-0.2, 0) is 13.0 Å². The van der Waals surface area contributed by atoms with Crippen LogP contribution in [0.2, 0.25) is 0 Å². The molecule has 6 heteroatoms. The van der Waals surface area contributed by atoms with Crippen LogP contribution in [0.1, 0.15) is 34.3 Å². The van der Waals surface area contributed by atoms with Gasteiger partial charge in [-0.15, -0.1) is 11.3 Å². The molecule has 2 aromatic carbocycles. The number of nitrogens with one attached hydrogen (secondary N) is 1. The molecule has 5 nitrogen and oxygen atoms in total. The number of fused-ring (bicyclic) bond motifs is 1. The van der Waals surface area contributed by atoms with Crippen LogP contribution in [0.5, 0.6) is 0 Å². The number of hydrogen-bond donors (Lipinski definition) is 1. The summed E-state index contributed by atoms with van der Waals surface area (Å²) in [4.78, 5) is 22.4. The number of rotatable bonds is 5. The lowest BCUT2D eigenvalue weighted by molar-refractivity contribution is 0.726. The number of aryl methyl sites for hydroxylation is 3. The fourth-order valence-electron chi connectivity index (χ4n) is 3.47. The average molecular weight is 405 g/mol. The fourth-order valence-corrected chi connectivity index (χ4v) is 4.34. The zero-order valence-electron chi connectivity index (χ0n) is 17.1. The van der Waals surface area contributed by atoms with E-state index in [2.05, 4.69) is 47.6 Å². The summed E-state index contributed by atoms with van der Waals surface area (Å²) in [5.74, 6) is 0.561. The molecule has 148 valence electrons. The summed E-state index contributed by atoms with van der Waals surface area (Å²) in [5, 5.41) is 4.41. The van der Waals surface area contributed by atoms with Crippen molar-refractivity contribution in [2.45, 2.75) is 40.7 Å². The molecule has 0 saturated carbocycles. The Bertz CT molecular complexity index is 1240. The molecule has 4 aromatic rings. The number of anilines is 2. The first-order chi connectivity index (χ1) is 13.9. The molecular weight excluding hydrogens is 380 g/mol. The molecule has 0 aliphatic carbocycles. The molecule has 2 heterocycles. The van der Waals surface area contributed by atoms with Gasteiger partial charge in [-0.05, 0) is 51.0 Å². The van der Waals surface area contributed by atoms with Crippen LogP contribution in [-0.4, -0.2) is 14.5 Å². The van der Waals surface area contributed by atoms with Crippen LogP contribution in [0.25, 0.3) is 10.2 Å². The first-order valence-electron chi connectivity index (χ1n) is 9.74. The van der Waals surface area contributed by atoms with Crippen LogP contribution in [0.15, 0.2) is 47.3 Å². The molecular formula is C23H24N4OS. The summed E-state index contributed by atoms with van der Waals surface area (Å²) in [6.45, 7) is 8.43. The highest BCUT2D eigenvalue weighted by Crippen LogP contribution is 2.26. The summed E-state index contributed by atoms with van der Waals surface area (Å²) in [6.07, 6.45) is 0.665. The van der Waals surface area contributed by atoms with Crippen molar-refractivity contribution >= 4 is 33.2 Å². The maximum atomic E-state index is 13.2. The second-order valence-electron chi connectivity index (χ2n) is 7.27. The van der Waals surface area contributed by atoms with E-state index in [4.69, 9.17) is 4.98 Å². The van der Waals surface area contributed by atoms with E-state index >= 15 is 0 Å². The van der Waals surface area contributed by atoms with E-state index in [1.54, 1.807) is 15.9 Å². The second kappa shape index (κ2) is 7.79. The van der Waals surface area contributed by atoms with Crippen molar-refractivity contribution in [1.29, 1.82) is 0 Å². The van der Waals surface area contributed by atoms with E-state index in [-0.39, 0.29) is 5.56 Å². The highest BCUT2D eigenvalue weighted by molar-refractivity contribution is 7.18. The quantitative estimate of drug-likeness (QED) is 0.501. The van der Waals surface area contributed by atoms with Gasteiger partial charge in [-0.2, -0.15) is 0 Å². The highest BCUT2D eigenvalue weighted by Gasteiger charge is 2.14. The summed E-state index contributed by atoms with van der Waals surface area (Å²) in [6, 6.07) is 14.3. The van der Waals surface area contributed by atoms with E-state index in [0.29, 0.717) is 18.9 Å². The molecule has 4 rings (SSSR count). The van der Waals surface area contributed by atoms with Crippen molar-refractivity contribution in [2.24, 2.45) is 0 Å². The summed E-state index contributed by atoms with van der Waals surface area (Å²) in [7, 11) is 0. The minimum absolute atomic E-state index is 0.0118. The third-order valence-corrected chi connectivity index (χ3v) is 5.97. The highest BCUT2D eigenvalue weighted by atomic mass is 32.1. The van der Waals surface area contributed by atoms with Crippen molar-refractivity contribution in [3.05, 3.63) is 80.2 Å². The Labute approximate surface area is 174 Å². The van der Waals surface area contributed by atoms with Crippen molar-refractivity contribution < 1.29 is 0 Å². The molecule has 0 bridgehead atoms. The Balaban J connectivity index is 1.77. The van der Waals surface area contributed by atoms with Crippen LogP contribution in [0.4, 0.5) is 11.6 Å². The lowest BCUT2D eigenvalue weighted by atomic mass is 10.1. The average Bonchev–Trinajstić information content (AvgIpc) is 3.06. The Morgan fingerprint density at radius 2 is 1.79 bits per heavy atom. The third-order valence-electron chi connectivity index (χ3n) is 5.04. The number of thiazole rings is 1. The second-order valence-corrected chi connectivity index (χ2v) is 8.50. The molecule has 0 amide bonds. The van der Waals surface area contributed by atoms with Gasteiger partial charge >= 0.3 is 0 Å². The lowest BCUT2D eigenvalue weighted by Crippen LogP contribution is -2.28. The Hall–Kier alpha value is -2.99. The topological polar surface area (TPSA) is 59.8 Å². The summed E-state index contributed by atoms with van der Waals surface area (Å²) >= 11 is 1.66. The number of benzene rings is 2. The van der Waals surface area contributed by atoms with Gasteiger partial charge in [0, 0.05) is 16.9 Å². The molecule has 0 atom stereocenters. The zero-order valence-corrected chi connectivity index (χ0v) is 17.9. The molecule has 0 spiro atoms. The molecule has 0 radical (unpaired) electrons. The minimum atomic E-state index is 0.0118. The van der Waals surface area contributed by atoms with E-state index in [1.807, 2.05) is 32.9 Å². The van der Waals surface area contributed by atoms with Gasteiger partial charge in [0.1, 0.15) is 0 Å². The van der Waals surface area contributed by atoms with Crippen LogP contribution in [0, 0.1) is 20.8 Å². The summed E-state index contributed by atoms with van der Waals surface area (Å²) < 4.78 is 2.85. The van der Waals surface area contributed by atoms with Gasteiger partial charge in [-0.3, -0.25) is 9.36 Å². The van der Waals surface area contributed by atoms with Gasteiger partial charge in [-0.1, -0.05) is 36.8 Å². The van der Waals surface area contributed by atoms with Crippen LogP contribution < -0.4 is 10.9 Å². The maximum absolute atomic E-state index is 13.2. The van der Waals surface area contributed by atoms with Gasteiger partial charge in [0.05, 0.1) is 21.8 Å². The maximum Gasteiger partial charge on any atom is 0.258 e. The molecule has 0 aliphatic heterocycles. The van der Waals surface area contributed by atoms with Crippen LogP contribution in [0.3, 0.4) is 0 Å². The van der Waals surface area contributed by atoms with Gasteiger partial charge in [0.2, 0.25) is 5.95 Å². The number of aromatic nitrogens is 3. The summed E-state index contributed by atoms with van der Waals surface area (Å²) in [5.41, 5.74) is 5.70. The van der Waals surface area contributed by atoms with Gasteiger partial charge < -0.3 is 5.32 Å². The standard InChI is InChI=1S/C23H24N4OS/c1-5-19-15(3)24-23(26-18-10-11-20-21(12-18)29-16(4)25-20)27(22(19)28)13-17-8-6-14(2)7-9-17/h6-12H,5,13H2,1-4H3,(H,24,26). The minimum Gasteiger partial charge on any atom is -0.325 e. The molecule has 0 aliphatic rings. The monoisotopic (exact) mass is 404 g/mol. The van der Waals surface area contributed by atoms with E-state index in [1.165, 1.54) is 5.56 Å². The molecule has 29 heavy (non-hydrogen) atoms. The smallest absolute Gasteiger partial charge is 0.258 e. The van der Waals surface area contributed by atoms with Crippen LogP contribution >= 0.6 is 11.3 Å². The molecule has 0 fully saturated rings. The first kappa shape index (κ1) is 19.3. The Morgan fingerprint density at radius 1 is 1.03 bits per heavy atom. The predicted molar refractivity (Wildman–Crippen MR) is 121 cm³/mol. The molecule has 0 unspecified atom stereocenters. The Morgan fingerprint density at radius 3 is 2.52 bits per heavy atom. The number of nitrogens with zero attached hydrogens (tertiary/aromatic N) is 3. The molecule has 0 saturated heterocycles. The van der Waals surface area contributed by atoms with Crippen molar-refractivity contribution in [3.8, 4) is 0 Å². The Kier molecular flexibility index (Phi) is 5.20. The fraction of sp³-hybridized carbons (Fsp3) is 0.261. The predicted octanol–water partition coefficient (Wildman–Crippen LogP) is 5.13.